The third-order valence-corrected chi connectivity index (χ3v) is 3.98. The lowest BCUT2D eigenvalue weighted by molar-refractivity contribution is -0.137. The van der Waals surface area contributed by atoms with Gasteiger partial charge in [0.15, 0.2) is 0 Å². The highest BCUT2D eigenvalue weighted by molar-refractivity contribution is 7.11. The average Bonchev–Trinajstić information content (AvgIpc) is 2.89. The van der Waals surface area contributed by atoms with Gasteiger partial charge in [-0.3, -0.25) is 9.59 Å². The molecular formula is C15H16N2O3S. The van der Waals surface area contributed by atoms with Gasteiger partial charge in [0.25, 0.3) is 5.91 Å². The third-order valence-electron chi connectivity index (χ3n) is 3.07. The zero-order chi connectivity index (χ0) is 15.2. The Kier molecular flexibility index (Phi) is 5.05. The first-order valence-corrected chi connectivity index (χ1v) is 7.41. The smallest absolute Gasteiger partial charge is 0.323 e. The Morgan fingerprint density at radius 2 is 2.00 bits per heavy atom. The minimum absolute atomic E-state index is 0.270. The number of thiazole rings is 1. The molecule has 0 atom stereocenters. The fourth-order valence-corrected chi connectivity index (χ4v) is 2.74. The van der Waals surface area contributed by atoms with Crippen LogP contribution < -0.4 is 0 Å². The fraction of sp³-hybridized carbons (Fsp3) is 0.267. The lowest BCUT2D eigenvalue weighted by Crippen LogP contribution is -2.37. The van der Waals surface area contributed by atoms with E-state index in [9.17, 15) is 9.59 Å². The predicted octanol–water partition coefficient (Wildman–Crippen LogP) is 2.22. The van der Waals surface area contributed by atoms with Gasteiger partial charge in [0.05, 0.1) is 11.2 Å². The summed E-state index contributed by atoms with van der Waals surface area (Å²) in [6, 6.07) is 9.69. The van der Waals surface area contributed by atoms with E-state index >= 15 is 0 Å². The summed E-state index contributed by atoms with van der Waals surface area (Å²) in [6.45, 7) is 1.81. The summed E-state index contributed by atoms with van der Waals surface area (Å²) in [5, 5.41) is 8.99. The minimum atomic E-state index is -1.02. The van der Waals surface area contributed by atoms with E-state index in [1.165, 1.54) is 16.2 Å². The van der Waals surface area contributed by atoms with Crippen LogP contribution in [-0.4, -0.2) is 40.0 Å². The van der Waals surface area contributed by atoms with Crippen molar-refractivity contribution in [2.75, 3.05) is 13.1 Å². The summed E-state index contributed by atoms with van der Waals surface area (Å²) in [5.74, 6) is -1.29. The molecule has 1 amide bonds. The van der Waals surface area contributed by atoms with E-state index in [1.54, 1.807) is 12.4 Å². The first kappa shape index (κ1) is 15.2. The second-order valence-electron chi connectivity index (χ2n) is 4.62. The molecule has 6 heteroatoms. The Hall–Kier alpha value is -2.21. The van der Waals surface area contributed by atoms with Gasteiger partial charge in [0, 0.05) is 6.54 Å². The van der Waals surface area contributed by atoms with Crippen LogP contribution in [-0.2, 0) is 11.2 Å². The standard InChI is InChI=1S/C15H16N2O3S/c1-11-14(21-10-16-11)15(20)17(9-13(18)19)8-7-12-5-3-2-4-6-12/h2-6,10H,7-9H2,1H3,(H,18,19). The molecule has 5 nitrogen and oxygen atoms in total. The zero-order valence-corrected chi connectivity index (χ0v) is 12.5. The highest BCUT2D eigenvalue weighted by atomic mass is 32.1. The number of carbonyl (C=O) groups excluding carboxylic acids is 1. The van der Waals surface area contributed by atoms with Crippen molar-refractivity contribution in [3.05, 3.63) is 52.0 Å². The van der Waals surface area contributed by atoms with Crippen LogP contribution in [0.5, 0.6) is 0 Å². The van der Waals surface area contributed by atoms with Crippen LogP contribution >= 0.6 is 11.3 Å². The summed E-state index contributed by atoms with van der Waals surface area (Å²) < 4.78 is 0. The predicted molar refractivity (Wildman–Crippen MR) is 80.5 cm³/mol. The molecule has 0 bridgehead atoms. The molecule has 0 radical (unpaired) electrons. The summed E-state index contributed by atoms with van der Waals surface area (Å²) in [5.41, 5.74) is 3.31. The van der Waals surface area contributed by atoms with Crippen molar-refractivity contribution in [2.45, 2.75) is 13.3 Å². The first-order chi connectivity index (χ1) is 10.1. The molecule has 0 saturated heterocycles. The Bertz CT molecular complexity index is 625. The maximum Gasteiger partial charge on any atom is 0.323 e. The molecular weight excluding hydrogens is 288 g/mol. The molecule has 2 aromatic rings. The highest BCUT2D eigenvalue weighted by Gasteiger charge is 2.21. The number of hydrogen-bond acceptors (Lipinski definition) is 4. The highest BCUT2D eigenvalue weighted by Crippen LogP contribution is 2.15. The average molecular weight is 304 g/mol. The van der Waals surface area contributed by atoms with Crippen LogP contribution in [0.4, 0.5) is 0 Å². The molecule has 0 aliphatic carbocycles. The Labute approximate surface area is 126 Å². The van der Waals surface area contributed by atoms with Gasteiger partial charge in [-0.25, -0.2) is 4.98 Å². The molecule has 0 aliphatic heterocycles. The van der Waals surface area contributed by atoms with E-state index in [2.05, 4.69) is 4.98 Å². The van der Waals surface area contributed by atoms with Crippen LogP contribution in [0.3, 0.4) is 0 Å². The molecule has 2 rings (SSSR count). The van der Waals surface area contributed by atoms with Crippen molar-refractivity contribution in [1.82, 2.24) is 9.88 Å². The first-order valence-electron chi connectivity index (χ1n) is 6.53. The van der Waals surface area contributed by atoms with Gasteiger partial charge in [-0.2, -0.15) is 0 Å². The van der Waals surface area contributed by atoms with Crippen LogP contribution in [0, 0.1) is 6.92 Å². The van der Waals surface area contributed by atoms with Crippen molar-refractivity contribution < 1.29 is 14.7 Å². The number of aliphatic carboxylic acids is 1. The second kappa shape index (κ2) is 6.99. The summed E-state index contributed by atoms with van der Waals surface area (Å²) in [6.07, 6.45) is 0.623. The fourth-order valence-electron chi connectivity index (χ4n) is 1.98. The van der Waals surface area contributed by atoms with Crippen LogP contribution in [0.2, 0.25) is 0 Å². The molecule has 21 heavy (non-hydrogen) atoms. The topological polar surface area (TPSA) is 70.5 Å². The number of amides is 1. The molecule has 1 N–H and O–H groups in total. The van der Waals surface area contributed by atoms with Crippen LogP contribution in [0.25, 0.3) is 0 Å². The van der Waals surface area contributed by atoms with Crippen molar-refractivity contribution >= 4 is 23.2 Å². The zero-order valence-electron chi connectivity index (χ0n) is 11.7. The minimum Gasteiger partial charge on any atom is -0.480 e. The largest absolute Gasteiger partial charge is 0.480 e. The van der Waals surface area contributed by atoms with E-state index in [0.29, 0.717) is 23.5 Å². The van der Waals surface area contributed by atoms with Gasteiger partial charge in [-0.15, -0.1) is 11.3 Å². The summed E-state index contributed by atoms with van der Waals surface area (Å²) in [4.78, 5) is 29.3. The maximum atomic E-state index is 12.4. The van der Waals surface area contributed by atoms with E-state index in [1.807, 2.05) is 30.3 Å². The molecule has 0 unspecified atom stereocenters. The van der Waals surface area contributed by atoms with Gasteiger partial charge in [0.2, 0.25) is 0 Å². The van der Waals surface area contributed by atoms with Crippen LogP contribution in [0.15, 0.2) is 35.8 Å². The number of carbonyl (C=O) groups is 2. The molecule has 0 fully saturated rings. The normalized spacial score (nSPS) is 10.3. The summed E-state index contributed by atoms with van der Waals surface area (Å²) in [7, 11) is 0. The molecule has 1 aromatic carbocycles. The third kappa shape index (κ3) is 4.13. The number of benzene rings is 1. The monoisotopic (exact) mass is 304 g/mol. The van der Waals surface area contributed by atoms with E-state index in [4.69, 9.17) is 5.11 Å². The van der Waals surface area contributed by atoms with Crippen molar-refractivity contribution in [2.24, 2.45) is 0 Å². The Morgan fingerprint density at radius 1 is 1.29 bits per heavy atom. The number of aryl methyl sites for hydroxylation is 1. The Balaban J connectivity index is 2.09. The number of aromatic nitrogens is 1. The summed E-state index contributed by atoms with van der Waals surface area (Å²) >= 11 is 1.24. The number of carboxylic acid groups (broad SMARTS) is 1. The van der Waals surface area contributed by atoms with E-state index in [-0.39, 0.29) is 12.5 Å². The number of hydrogen-bond donors (Lipinski definition) is 1. The van der Waals surface area contributed by atoms with Crippen molar-refractivity contribution in [3.63, 3.8) is 0 Å². The van der Waals surface area contributed by atoms with E-state index < -0.39 is 5.97 Å². The number of carboxylic acids is 1. The van der Waals surface area contributed by atoms with E-state index in [0.717, 1.165) is 5.56 Å². The van der Waals surface area contributed by atoms with Crippen molar-refractivity contribution in [3.8, 4) is 0 Å². The lowest BCUT2D eigenvalue weighted by Gasteiger charge is -2.20. The SMILES string of the molecule is Cc1ncsc1C(=O)N(CCc1ccccc1)CC(=O)O. The van der Waals surface area contributed by atoms with Gasteiger partial charge < -0.3 is 10.0 Å². The quantitative estimate of drug-likeness (QED) is 0.888. The maximum absolute atomic E-state index is 12.4. The van der Waals surface area contributed by atoms with Crippen molar-refractivity contribution in [1.29, 1.82) is 0 Å². The number of rotatable bonds is 6. The molecule has 1 heterocycles. The van der Waals surface area contributed by atoms with Crippen LogP contribution in [0.1, 0.15) is 20.9 Å². The molecule has 110 valence electrons. The lowest BCUT2D eigenvalue weighted by atomic mass is 10.1. The second-order valence-corrected chi connectivity index (χ2v) is 5.48. The Morgan fingerprint density at radius 3 is 2.57 bits per heavy atom. The molecule has 0 saturated carbocycles. The van der Waals surface area contributed by atoms with Gasteiger partial charge in [-0.05, 0) is 18.9 Å². The number of nitrogens with zero attached hydrogens (tertiary/aromatic N) is 2. The van der Waals surface area contributed by atoms with Gasteiger partial charge in [-0.1, -0.05) is 30.3 Å². The van der Waals surface area contributed by atoms with Gasteiger partial charge in [0.1, 0.15) is 11.4 Å². The van der Waals surface area contributed by atoms with Gasteiger partial charge >= 0.3 is 5.97 Å². The molecule has 1 aromatic heterocycles. The molecule has 0 spiro atoms. The molecule has 0 aliphatic rings.